The van der Waals surface area contributed by atoms with Crippen molar-refractivity contribution in [1.82, 2.24) is 14.8 Å². The van der Waals surface area contributed by atoms with Crippen molar-refractivity contribution < 1.29 is 19.1 Å². The van der Waals surface area contributed by atoms with Crippen LogP contribution in [0.4, 0.5) is 0 Å². The van der Waals surface area contributed by atoms with Crippen molar-refractivity contribution >= 4 is 23.2 Å². The first kappa shape index (κ1) is 19.8. The first-order valence-corrected chi connectivity index (χ1v) is 10.9. The van der Waals surface area contributed by atoms with Crippen LogP contribution in [0.2, 0.25) is 0 Å². The highest BCUT2D eigenvalue weighted by Gasteiger charge is 2.32. The van der Waals surface area contributed by atoms with Gasteiger partial charge in [-0.3, -0.25) is 9.59 Å². The first-order valence-electron chi connectivity index (χ1n) is 10.0. The lowest BCUT2D eigenvalue weighted by Crippen LogP contribution is -2.52. The topological polar surface area (TPSA) is 72.0 Å². The van der Waals surface area contributed by atoms with Crippen molar-refractivity contribution in [1.29, 1.82) is 0 Å². The molecule has 0 aliphatic carbocycles. The van der Waals surface area contributed by atoms with Gasteiger partial charge < -0.3 is 19.3 Å². The number of ether oxygens (including phenoxy) is 2. The van der Waals surface area contributed by atoms with Crippen molar-refractivity contribution in [2.24, 2.45) is 0 Å². The maximum atomic E-state index is 12.8. The molecule has 154 valence electrons. The molecule has 0 radical (unpaired) electrons. The second kappa shape index (κ2) is 8.92. The highest BCUT2D eigenvalue weighted by Crippen LogP contribution is 2.26. The van der Waals surface area contributed by atoms with Crippen molar-refractivity contribution in [3.63, 3.8) is 0 Å². The quantitative estimate of drug-likeness (QED) is 0.751. The maximum Gasteiger partial charge on any atom is 0.273 e. The number of hydrogen-bond acceptors (Lipinski definition) is 6. The fraction of sp³-hybridized carbons (Fsp3) is 0.476. The maximum absolute atomic E-state index is 12.8. The van der Waals surface area contributed by atoms with E-state index in [1.807, 2.05) is 36.1 Å². The summed E-state index contributed by atoms with van der Waals surface area (Å²) in [5.74, 6) is 0.795. The Balaban J connectivity index is 1.35. The van der Waals surface area contributed by atoms with Crippen molar-refractivity contribution in [3.05, 3.63) is 35.3 Å². The summed E-state index contributed by atoms with van der Waals surface area (Å²) in [7, 11) is 0. The largest absolute Gasteiger partial charge is 0.494 e. The lowest BCUT2D eigenvalue weighted by atomic mass is 10.2. The van der Waals surface area contributed by atoms with Crippen LogP contribution in [0, 0.1) is 0 Å². The summed E-state index contributed by atoms with van der Waals surface area (Å²) in [5, 5.41) is 2.61. The zero-order valence-corrected chi connectivity index (χ0v) is 17.3. The third-order valence-corrected chi connectivity index (χ3v) is 6.11. The normalized spacial score (nSPS) is 19.4. The molecule has 2 saturated heterocycles. The summed E-state index contributed by atoms with van der Waals surface area (Å²) in [5.41, 5.74) is 1.42. The number of piperazine rings is 1. The van der Waals surface area contributed by atoms with Gasteiger partial charge in [-0.2, -0.15) is 0 Å². The fourth-order valence-electron chi connectivity index (χ4n) is 3.63. The van der Waals surface area contributed by atoms with Crippen LogP contribution in [0.3, 0.4) is 0 Å². The molecule has 2 fully saturated rings. The Hall–Kier alpha value is -2.45. The summed E-state index contributed by atoms with van der Waals surface area (Å²) in [6.45, 7) is 5.36. The van der Waals surface area contributed by atoms with Crippen molar-refractivity contribution in [3.8, 4) is 16.3 Å². The zero-order valence-electron chi connectivity index (χ0n) is 16.5. The molecular formula is C21H25N3O4S. The van der Waals surface area contributed by atoms with Crippen LogP contribution in [0.5, 0.6) is 5.75 Å². The van der Waals surface area contributed by atoms with E-state index in [1.165, 1.54) is 11.3 Å². The summed E-state index contributed by atoms with van der Waals surface area (Å²) >= 11 is 1.46. The van der Waals surface area contributed by atoms with E-state index in [0.29, 0.717) is 45.1 Å². The molecule has 3 heterocycles. The number of amides is 2. The van der Waals surface area contributed by atoms with E-state index in [9.17, 15) is 9.59 Å². The van der Waals surface area contributed by atoms with E-state index < -0.39 is 0 Å². The van der Waals surface area contributed by atoms with Crippen LogP contribution in [0.15, 0.2) is 29.6 Å². The fourth-order valence-corrected chi connectivity index (χ4v) is 4.43. The predicted molar refractivity (Wildman–Crippen MR) is 110 cm³/mol. The van der Waals surface area contributed by atoms with E-state index in [0.717, 1.165) is 29.2 Å². The Morgan fingerprint density at radius 2 is 1.90 bits per heavy atom. The van der Waals surface area contributed by atoms with Gasteiger partial charge in [-0.1, -0.05) is 0 Å². The summed E-state index contributed by atoms with van der Waals surface area (Å²) in [6.07, 6.45) is 1.44. The van der Waals surface area contributed by atoms with Gasteiger partial charge in [0.05, 0.1) is 6.61 Å². The highest BCUT2D eigenvalue weighted by molar-refractivity contribution is 7.13. The second-order valence-electron chi connectivity index (χ2n) is 7.11. The van der Waals surface area contributed by atoms with Gasteiger partial charge in [-0.05, 0) is 44.0 Å². The molecule has 1 aromatic heterocycles. The number of nitrogens with zero attached hydrogens (tertiary/aromatic N) is 3. The average molecular weight is 416 g/mol. The van der Waals surface area contributed by atoms with Crippen LogP contribution in [-0.4, -0.2) is 72.1 Å². The standard InChI is InChI=1S/C21H25N3O4S/c1-2-27-16-7-5-15(6-8-16)19-22-17(14-29-19)20(25)23-9-11-24(12-10-23)21(26)18-4-3-13-28-18/h5-8,14,18H,2-4,9-13H2,1H3/t18-/m0/s1. The van der Waals surface area contributed by atoms with Crippen LogP contribution < -0.4 is 4.74 Å². The minimum absolute atomic E-state index is 0.0565. The number of benzene rings is 1. The molecular weight excluding hydrogens is 390 g/mol. The molecule has 2 amide bonds. The first-order chi connectivity index (χ1) is 14.2. The van der Waals surface area contributed by atoms with Crippen molar-refractivity contribution in [2.45, 2.75) is 25.9 Å². The van der Waals surface area contributed by atoms with Gasteiger partial charge in [0.15, 0.2) is 0 Å². The minimum Gasteiger partial charge on any atom is -0.494 e. The monoisotopic (exact) mass is 415 g/mol. The van der Waals surface area contributed by atoms with Crippen LogP contribution in [0.1, 0.15) is 30.3 Å². The Labute approximate surface area is 174 Å². The molecule has 2 aliphatic rings. The van der Waals surface area contributed by atoms with Crippen LogP contribution in [-0.2, 0) is 9.53 Å². The number of carbonyl (C=O) groups is 2. The molecule has 2 aromatic rings. The Morgan fingerprint density at radius 3 is 2.55 bits per heavy atom. The van der Waals surface area contributed by atoms with E-state index >= 15 is 0 Å². The van der Waals surface area contributed by atoms with Gasteiger partial charge in [-0.15, -0.1) is 11.3 Å². The molecule has 1 aromatic carbocycles. The number of hydrogen-bond donors (Lipinski definition) is 0. The molecule has 7 nitrogen and oxygen atoms in total. The lowest BCUT2D eigenvalue weighted by Gasteiger charge is -2.35. The van der Waals surface area contributed by atoms with Crippen LogP contribution >= 0.6 is 11.3 Å². The van der Waals surface area contributed by atoms with Gasteiger partial charge in [0, 0.05) is 43.7 Å². The minimum atomic E-state index is -0.299. The van der Waals surface area contributed by atoms with Crippen molar-refractivity contribution in [2.75, 3.05) is 39.4 Å². The molecule has 0 N–H and O–H groups in total. The molecule has 4 rings (SSSR count). The molecule has 29 heavy (non-hydrogen) atoms. The lowest BCUT2D eigenvalue weighted by molar-refractivity contribution is -0.142. The van der Waals surface area contributed by atoms with E-state index in [1.54, 1.807) is 10.3 Å². The molecule has 0 bridgehead atoms. The van der Waals surface area contributed by atoms with Gasteiger partial charge in [0.25, 0.3) is 11.8 Å². The molecule has 1 atom stereocenters. The molecule has 0 spiro atoms. The average Bonchev–Trinajstić information content (AvgIpc) is 3.46. The number of rotatable bonds is 5. The number of thiazole rings is 1. The third-order valence-electron chi connectivity index (χ3n) is 5.22. The summed E-state index contributed by atoms with van der Waals surface area (Å²) < 4.78 is 11.0. The SMILES string of the molecule is CCOc1ccc(-c2nc(C(=O)N3CCN(C(=O)[C@@H]4CCCO4)CC3)cs2)cc1. The van der Waals surface area contributed by atoms with Gasteiger partial charge in [0.2, 0.25) is 0 Å². The number of aromatic nitrogens is 1. The second-order valence-corrected chi connectivity index (χ2v) is 7.97. The molecule has 0 unspecified atom stereocenters. The Morgan fingerprint density at radius 1 is 1.17 bits per heavy atom. The third kappa shape index (κ3) is 4.43. The molecule has 0 saturated carbocycles. The number of carbonyl (C=O) groups excluding carboxylic acids is 2. The Bertz CT molecular complexity index is 853. The Kier molecular flexibility index (Phi) is 6.10. The van der Waals surface area contributed by atoms with Crippen LogP contribution in [0.25, 0.3) is 10.6 Å². The zero-order chi connectivity index (χ0) is 20.2. The van der Waals surface area contributed by atoms with Gasteiger partial charge >= 0.3 is 0 Å². The summed E-state index contributed by atoms with van der Waals surface area (Å²) in [6, 6.07) is 7.72. The summed E-state index contributed by atoms with van der Waals surface area (Å²) in [4.78, 5) is 33.4. The van der Waals surface area contributed by atoms with E-state index in [4.69, 9.17) is 9.47 Å². The van der Waals surface area contributed by atoms with Gasteiger partial charge in [-0.25, -0.2) is 4.98 Å². The van der Waals surface area contributed by atoms with E-state index in [2.05, 4.69) is 4.98 Å². The molecule has 8 heteroatoms. The van der Waals surface area contributed by atoms with E-state index in [-0.39, 0.29) is 17.9 Å². The smallest absolute Gasteiger partial charge is 0.273 e. The van der Waals surface area contributed by atoms with Gasteiger partial charge in [0.1, 0.15) is 22.6 Å². The predicted octanol–water partition coefficient (Wildman–Crippen LogP) is 2.67. The molecule has 2 aliphatic heterocycles. The highest BCUT2D eigenvalue weighted by atomic mass is 32.1.